The minimum Gasteiger partial charge on any atom is -0.396 e. The number of hydrogen-bond donors (Lipinski definition) is 10. The first kappa shape index (κ1) is 43.1. The van der Waals surface area contributed by atoms with E-state index in [1.54, 1.807) is 13.8 Å². The minimum absolute atomic E-state index is 0.0133. The van der Waals surface area contributed by atoms with Crippen LogP contribution in [0.15, 0.2) is 0 Å². The number of aliphatic hydroxyl groups excluding tert-OH is 9. The van der Waals surface area contributed by atoms with Crippen molar-refractivity contribution in [2.24, 2.45) is 44.8 Å². The van der Waals surface area contributed by atoms with E-state index < -0.39 is 97.3 Å². The fourth-order valence-corrected chi connectivity index (χ4v) is 15.1. The average Bonchev–Trinajstić information content (AvgIpc) is 3.51. The summed E-state index contributed by atoms with van der Waals surface area (Å²) in [4.78, 5) is 0. The first-order chi connectivity index (χ1) is 26.6. The molecule has 2 spiro atoms. The summed E-state index contributed by atoms with van der Waals surface area (Å²) in [5.41, 5.74) is -2.71. The SMILES string of the molecule is CC(C)(O)[C@H]1CC[C@@](C)([C@H]2[C@@H](O)C[C@@]3(C)[C@@H]4CC[C@H]5C(C)(C)[C@@H](O[C@@H]6O[C@H](CO[C@@H]7O[C@H](CO)[C@H](O)[C@H](O)[C@H]7O)[C@H](O)[C@H](O)[C@H]6O)CC[C@@]56C[C@@]46CC[C@]23CO)O1. The van der Waals surface area contributed by atoms with Crippen LogP contribution in [0, 0.1) is 44.8 Å². The molecule has 57 heavy (non-hydrogen) atoms. The van der Waals surface area contributed by atoms with Crippen molar-refractivity contribution in [2.75, 3.05) is 19.8 Å². The van der Waals surface area contributed by atoms with Gasteiger partial charge in [0.25, 0.3) is 0 Å². The average molecular weight is 815 g/mol. The molecule has 0 unspecified atom stereocenters. The maximum atomic E-state index is 12.0. The van der Waals surface area contributed by atoms with Crippen LogP contribution in [0.1, 0.15) is 106 Å². The zero-order valence-corrected chi connectivity index (χ0v) is 34.4. The molecule has 5 saturated carbocycles. The van der Waals surface area contributed by atoms with Gasteiger partial charge in [0.15, 0.2) is 12.6 Å². The van der Waals surface area contributed by atoms with Crippen molar-refractivity contribution in [1.82, 2.24) is 0 Å². The van der Waals surface area contributed by atoms with Crippen molar-refractivity contribution >= 4 is 0 Å². The van der Waals surface area contributed by atoms with E-state index in [0.29, 0.717) is 25.2 Å². The zero-order chi connectivity index (χ0) is 41.5. The van der Waals surface area contributed by atoms with Crippen molar-refractivity contribution < 1.29 is 74.7 Å². The standard InChI is InChI=1S/C42H70O15/c1-36(2)23-7-8-24-38(5)15-20(45)33(39(6)11-9-26(57-39)37(3,4)52)42(38,19-44)14-13-41(24)18-40(23,41)12-10-25(36)56-35-32(51)30(49)28(47)22(55-35)17-53-34-31(50)29(48)27(46)21(16-43)54-34/h20-35,43-52H,7-19H2,1-6H3/t20-,21+,22+,23-,24-,25-,26+,27-,28-,29-,30-,31+,32+,33+,34+,35-,38-,39-,40+,41-,42-/m0/s1. The quantitative estimate of drug-likeness (QED) is 0.139. The van der Waals surface area contributed by atoms with Gasteiger partial charge in [-0.15, -0.1) is 0 Å². The number of fused-ring (bicyclic) bond motifs is 2. The van der Waals surface area contributed by atoms with E-state index in [1.165, 1.54) is 0 Å². The lowest BCUT2D eigenvalue weighted by atomic mass is 9.41. The first-order valence-electron chi connectivity index (χ1n) is 21.5. The highest BCUT2D eigenvalue weighted by Gasteiger charge is 2.84. The van der Waals surface area contributed by atoms with E-state index >= 15 is 0 Å². The van der Waals surface area contributed by atoms with Crippen LogP contribution < -0.4 is 0 Å². The molecule has 8 fully saturated rings. The second-order valence-electron chi connectivity index (χ2n) is 21.3. The molecule has 10 N–H and O–H groups in total. The summed E-state index contributed by atoms with van der Waals surface area (Å²) in [6.45, 7) is 11.3. The van der Waals surface area contributed by atoms with Gasteiger partial charge in [0.1, 0.15) is 48.8 Å². The lowest BCUT2D eigenvalue weighted by Gasteiger charge is -2.64. The van der Waals surface area contributed by atoms with Crippen LogP contribution in [-0.2, 0) is 23.7 Å². The molecule has 8 rings (SSSR count). The third kappa shape index (κ3) is 6.06. The second-order valence-corrected chi connectivity index (χ2v) is 21.3. The van der Waals surface area contributed by atoms with Gasteiger partial charge in [0.2, 0.25) is 0 Å². The molecule has 0 aromatic heterocycles. The van der Waals surface area contributed by atoms with Gasteiger partial charge < -0.3 is 74.7 Å². The number of aliphatic hydroxyl groups is 10. The van der Waals surface area contributed by atoms with Crippen LogP contribution in [0.3, 0.4) is 0 Å². The molecular formula is C42H70O15. The third-order valence-electron chi connectivity index (χ3n) is 18.0. The van der Waals surface area contributed by atoms with Crippen molar-refractivity contribution in [3.05, 3.63) is 0 Å². The minimum atomic E-state index is -1.66. The molecule has 0 aromatic carbocycles. The van der Waals surface area contributed by atoms with Gasteiger partial charge in [-0.25, -0.2) is 0 Å². The Kier molecular flexibility index (Phi) is 10.7. The molecule has 3 saturated heterocycles. The molecule has 8 aliphatic rings. The summed E-state index contributed by atoms with van der Waals surface area (Å²) >= 11 is 0. The van der Waals surface area contributed by atoms with Crippen molar-refractivity contribution in [1.29, 1.82) is 0 Å². The summed E-state index contributed by atoms with van der Waals surface area (Å²) in [6.07, 6.45) is -7.77. The van der Waals surface area contributed by atoms with Gasteiger partial charge in [-0.1, -0.05) is 20.8 Å². The van der Waals surface area contributed by atoms with Crippen molar-refractivity contribution in [2.45, 2.75) is 197 Å². The Hall–Kier alpha value is -0.600. The molecule has 3 heterocycles. The Morgan fingerprint density at radius 2 is 1.30 bits per heavy atom. The Balaban J connectivity index is 0.969. The molecule has 3 aliphatic heterocycles. The Bertz CT molecular complexity index is 1490. The summed E-state index contributed by atoms with van der Waals surface area (Å²) in [7, 11) is 0. The van der Waals surface area contributed by atoms with Crippen LogP contribution in [0.25, 0.3) is 0 Å². The summed E-state index contributed by atoms with van der Waals surface area (Å²) in [5, 5.41) is 107. The smallest absolute Gasteiger partial charge is 0.186 e. The lowest BCUT2D eigenvalue weighted by Crippen LogP contribution is -2.63. The second kappa shape index (κ2) is 14.2. The molecule has 328 valence electrons. The molecule has 15 heteroatoms. The number of hydrogen-bond acceptors (Lipinski definition) is 15. The van der Waals surface area contributed by atoms with Crippen LogP contribution in [0.2, 0.25) is 0 Å². The van der Waals surface area contributed by atoms with Gasteiger partial charge in [0.05, 0.1) is 42.7 Å². The Labute approximate surface area is 335 Å². The van der Waals surface area contributed by atoms with E-state index in [4.69, 9.17) is 23.7 Å². The molecule has 0 aromatic rings. The van der Waals surface area contributed by atoms with Gasteiger partial charge in [-0.05, 0) is 118 Å². The Morgan fingerprint density at radius 3 is 1.93 bits per heavy atom. The van der Waals surface area contributed by atoms with E-state index in [1.807, 2.05) is 0 Å². The predicted molar refractivity (Wildman–Crippen MR) is 200 cm³/mol. The predicted octanol–water partition coefficient (Wildman–Crippen LogP) is 0.0866. The maximum Gasteiger partial charge on any atom is 0.186 e. The van der Waals surface area contributed by atoms with E-state index in [0.717, 1.165) is 44.9 Å². The van der Waals surface area contributed by atoms with E-state index in [9.17, 15) is 51.1 Å². The maximum absolute atomic E-state index is 12.0. The monoisotopic (exact) mass is 814 g/mol. The largest absolute Gasteiger partial charge is 0.396 e. The molecule has 0 radical (unpaired) electrons. The highest BCUT2D eigenvalue weighted by Crippen LogP contribution is 2.89. The molecule has 21 atom stereocenters. The fourth-order valence-electron chi connectivity index (χ4n) is 15.1. The normalized spacial score (nSPS) is 57.1. The highest BCUT2D eigenvalue weighted by atomic mass is 16.7. The molecular weight excluding hydrogens is 744 g/mol. The van der Waals surface area contributed by atoms with Crippen molar-refractivity contribution in [3.63, 3.8) is 0 Å². The number of ether oxygens (including phenoxy) is 5. The van der Waals surface area contributed by atoms with Crippen LogP contribution in [-0.4, -0.2) is 162 Å². The lowest BCUT2D eigenvalue weighted by molar-refractivity contribution is -0.343. The van der Waals surface area contributed by atoms with Gasteiger partial charge in [-0.2, -0.15) is 0 Å². The fraction of sp³-hybridized carbons (Fsp3) is 1.00. The van der Waals surface area contributed by atoms with Gasteiger partial charge >= 0.3 is 0 Å². The molecule has 15 nitrogen and oxygen atoms in total. The summed E-state index contributed by atoms with van der Waals surface area (Å²) in [5.74, 6) is 0.354. The summed E-state index contributed by atoms with van der Waals surface area (Å²) in [6, 6.07) is 0. The topological polar surface area (TPSA) is 248 Å². The molecule has 5 aliphatic carbocycles. The van der Waals surface area contributed by atoms with Crippen molar-refractivity contribution in [3.8, 4) is 0 Å². The summed E-state index contributed by atoms with van der Waals surface area (Å²) < 4.78 is 30.4. The zero-order valence-electron chi connectivity index (χ0n) is 34.4. The third-order valence-corrected chi connectivity index (χ3v) is 18.0. The van der Waals surface area contributed by atoms with Gasteiger partial charge in [-0.3, -0.25) is 0 Å². The first-order valence-corrected chi connectivity index (χ1v) is 21.5. The van der Waals surface area contributed by atoms with Gasteiger partial charge in [0, 0.05) is 17.9 Å². The molecule has 0 bridgehead atoms. The molecule has 0 amide bonds. The van der Waals surface area contributed by atoms with E-state index in [-0.39, 0.29) is 52.3 Å². The van der Waals surface area contributed by atoms with Crippen LogP contribution >= 0.6 is 0 Å². The number of rotatable bonds is 9. The highest BCUT2D eigenvalue weighted by molar-refractivity contribution is 5.32. The van der Waals surface area contributed by atoms with Crippen LogP contribution in [0.4, 0.5) is 0 Å². The Morgan fingerprint density at radius 1 is 0.684 bits per heavy atom. The van der Waals surface area contributed by atoms with E-state index in [2.05, 4.69) is 27.7 Å². The van der Waals surface area contributed by atoms with Crippen LogP contribution in [0.5, 0.6) is 0 Å².